The van der Waals surface area contributed by atoms with Crippen LogP contribution in [0.2, 0.25) is 0 Å². The summed E-state index contributed by atoms with van der Waals surface area (Å²) in [6, 6.07) is 5.99. The molecule has 2 rings (SSSR count). The standard InChI is InChI=1S/C13H11F3N2O2/c1-2-18-11(7-10(17-18)12(19)20)8-4-3-5-9(6-8)13(14,15)16/h3-7H,2H2,1H3,(H,19,20). The van der Waals surface area contributed by atoms with E-state index in [1.54, 1.807) is 6.92 Å². The van der Waals surface area contributed by atoms with Crippen LogP contribution in [0.25, 0.3) is 11.3 Å². The number of halogens is 3. The number of carboxylic acids is 1. The first-order chi connectivity index (χ1) is 9.32. The van der Waals surface area contributed by atoms with E-state index in [1.165, 1.54) is 22.9 Å². The Morgan fingerprint density at radius 2 is 2.05 bits per heavy atom. The Labute approximate surface area is 112 Å². The summed E-state index contributed by atoms with van der Waals surface area (Å²) < 4.78 is 39.4. The third-order valence-electron chi connectivity index (χ3n) is 2.78. The summed E-state index contributed by atoms with van der Waals surface area (Å²) in [6.07, 6.45) is -4.44. The molecule has 106 valence electrons. The van der Waals surface area contributed by atoms with E-state index in [-0.39, 0.29) is 11.3 Å². The van der Waals surface area contributed by atoms with Crippen LogP contribution in [0.15, 0.2) is 30.3 Å². The molecule has 0 spiro atoms. The van der Waals surface area contributed by atoms with Crippen molar-refractivity contribution in [2.75, 3.05) is 0 Å². The normalized spacial score (nSPS) is 11.6. The molecule has 0 saturated heterocycles. The third kappa shape index (κ3) is 2.66. The van der Waals surface area contributed by atoms with Gasteiger partial charge in [0.1, 0.15) is 0 Å². The Hall–Kier alpha value is -2.31. The van der Waals surface area contributed by atoms with Gasteiger partial charge in [0.2, 0.25) is 0 Å². The van der Waals surface area contributed by atoms with Crippen LogP contribution < -0.4 is 0 Å². The topological polar surface area (TPSA) is 55.1 Å². The maximum absolute atomic E-state index is 12.7. The van der Waals surface area contributed by atoms with Crippen LogP contribution >= 0.6 is 0 Å². The van der Waals surface area contributed by atoms with E-state index in [0.717, 1.165) is 12.1 Å². The van der Waals surface area contributed by atoms with Gasteiger partial charge in [-0.15, -0.1) is 0 Å². The van der Waals surface area contributed by atoms with Gasteiger partial charge in [0.15, 0.2) is 5.69 Å². The van der Waals surface area contributed by atoms with Gasteiger partial charge in [0.05, 0.1) is 11.3 Å². The number of rotatable bonds is 3. The second-order valence-electron chi connectivity index (χ2n) is 4.11. The van der Waals surface area contributed by atoms with E-state index < -0.39 is 17.7 Å². The molecule has 0 fully saturated rings. The van der Waals surface area contributed by atoms with E-state index in [0.29, 0.717) is 12.2 Å². The van der Waals surface area contributed by atoms with E-state index in [4.69, 9.17) is 5.11 Å². The average molecular weight is 284 g/mol. The first-order valence-corrected chi connectivity index (χ1v) is 5.81. The van der Waals surface area contributed by atoms with Gasteiger partial charge < -0.3 is 5.11 Å². The van der Waals surface area contributed by atoms with Gasteiger partial charge in [-0.1, -0.05) is 12.1 Å². The molecule has 0 radical (unpaired) electrons. The summed E-state index contributed by atoms with van der Waals surface area (Å²) in [5.74, 6) is -1.22. The van der Waals surface area contributed by atoms with Gasteiger partial charge in [-0.2, -0.15) is 18.3 Å². The van der Waals surface area contributed by atoms with Crippen molar-refractivity contribution in [2.24, 2.45) is 0 Å². The van der Waals surface area contributed by atoms with Crippen molar-refractivity contribution in [3.8, 4) is 11.3 Å². The van der Waals surface area contributed by atoms with Crippen molar-refractivity contribution in [2.45, 2.75) is 19.6 Å². The predicted molar refractivity (Wildman–Crippen MR) is 65.3 cm³/mol. The lowest BCUT2D eigenvalue weighted by molar-refractivity contribution is -0.137. The highest BCUT2D eigenvalue weighted by Crippen LogP contribution is 2.32. The molecule has 20 heavy (non-hydrogen) atoms. The van der Waals surface area contributed by atoms with Crippen LogP contribution in [-0.2, 0) is 12.7 Å². The van der Waals surface area contributed by atoms with Gasteiger partial charge in [0.25, 0.3) is 0 Å². The molecule has 1 aromatic heterocycles. The largest absolute Gasteiger partial charge is 0.476 e. The van der Waals surface area contributed by atoms with E-state index in [2.05, 4.69) is 5.10 Å². The minimum Gasteiger partial charge on any atom is -0.476 e. The Morgan fingerprint density at radius 3 is 2.60 bits per heavy atom. The Morgan fingerprint density at radius 1 is 1.35 bits per heavy atom. The summed E-state index contributed by atoms with van der Waals surface area (Å²) >= 11 is 0. The molecule has 1 aromatic carbocycles. The zero-order valence-electron chi connectivity index (χ0n) is 10.5. The minimum absolute atomic E-state index is 0.195. The molecule has 1 N–H and O–H groups in total. The molecule has 0 bridgehead atoms. The highest BCUT2D eigenvalue weighted by Gasteiger charge is 2.30. The lowest BCUT2D eigenvalue weighted by atomic mass is 10.1. The lowest BCUT2D eigenvalue weighted by Gasteiger charge is -2.09. The zero-order chi connectivity index (χ0) is 14.9. The summed E-state index contributed by atoms with van der Waals surface area (Å²) in [5, 5.41) is 12.7. The van der Waals surface area contributed by atoms with Crippen molar-refractivity contribution >= 4 is 5.97 Å². The summed E-state index contributed by atoms with van der Waals surface area (Å²) in [7, 11) is 0. The molecule has 0 saturated carbocycles. The Bertz CT molecular complexity index is 647. The monoisotopic (exact) mass is 284 g/mol. The van der Waals surface area contributed by atoms with E-state index in [1.807, 2.05) is 0 Å². The SMILES string of the molecule is CCn1nc(C(=O)O)cc1-c1cccc(C(F)(F)F)c1. The molecule has 0 aliphatic heterocycles. The Balaban J connectivity index is 2.54. The quantitative estimate of drug-likeness (QED) is 0.941. The second kappa shape index (κ2) is 4.99. The minimum atomic E-state index is -4.44. The molecular weight excluding hydrogens is 273 g/mol. The van der Waals surface area contributed by atoms with Crippen molar-refractivity contribution in [3.63, 3.8) is 0 Å². The molecule has 1 heterocycles. The maximum Gasteiger partial charge on any atom is 0.416 e. The third-order valence-corrected chi connectivity index (χ3v) is 2.78. The highest BCUT2D eigenvalue weighted by atomic mass is 19.4. The molecule has 0 atom stereocenters. The van der Waals surface area contributed by atoms with E-state index >= 15 is 0 Å². The molecule has 4 nitrogen and oxygen atoms in total. The van der Waals surface area contributed by atoms with Crippen molar-refractivity contribution < 1.29 is 23.1 Å². The number of alkyl halides is 3. The van der Waals surface area contributed by atoms with Crippen molar-refractivity contribution in [1.82, 2.24) is 9.78 Å². The molecule has 2 aromatic rings. The zero-order valence-corrected chi connectivity index (χ0v) is 10.5. The van der Waals surface area contributed by atoms with Crippen LogP contribution in [0, 0.1) is 0 Å². The summed E-state index contributed by atoms with van der Waals surface area (Å²) in [4.78, 5) is 10.9. The summed E-state index contributed by atoms with van der Waals surface area (Å²) in [5.41, 5.74) is -0.354. The van der Waals surface area contributed by atoms with E-state index in [9.17, 15) is 18.0 Å². The first-order valence-electron chi connectivity index (χ1n) is 5.81. The number of hydrogen-bond donors (Lipinski definition) is 1. The average Bonchev–Trinajstić information content (AvgIpc) is 2.82. The van der Waals surface area contributed by atoms with Gasteiger partial charge in [0, 0.05) is 12.1 Å². The molecule has 0 amide bonds. The Kier molecular flexibility index (Phi) is 3.52. The second-order valence-corrected chi connectivity index (χ2v) is 4.11. The molecule has 0 aliphatic carbocycles. The fourth-order valence-corrected chi connectivity index (χ4v) is 1.85. The first kappa shape index (κ1) is 14.1. The fourth-order valence-electron chi connectivity index (χ4n) is 1.85. The number of nitrogens with zero attached hydrogens (tertiary/aromatic N) is 2. The van der Waals surface area contributed by atoms with Gasteiger partial charge in [-0.25, -0.2) is 4.79 Å². The number of aromatic nitrogens is 2. The number of aryl methyl sites for hydroxylation is 1. The van der Waals surface area contributed by atoms with Crippen molar-refractivity contribution in [3.05, 3.63) is 41.6 Å². The van der Waals surface area contributed by atoms with Crippen LogP contribution in [0.3, 0.4) is 0 Å². The number of benzene rings is 1. The fraction of sp³-hybridized carbons (Fsp3) is 0.231. The van der Waals surface area contributed by atoms with Gasteiger partial charge >= 0.3 is 12.1 Å². The van der Waals surface area contributed by atoms with Gasteiger partial charge in [-0.05, 0) is 25.1 Å². The summed E-state index contributed by atoms with van der Waals surface area (Å²) in [6.45, 7) is 2.09. The van der Waals surface area contributed by atoms with Crippen LogP contribution in [0.4, 0.5) is 13.2 Å². The highest BCUT2D eigenvalue weighted by molar-refractivity contribution is 5.87. The lowest BCUT2D eigenvalue weighted by Crippen LogP contribution is -2.05. The van der Waals surface area contributed by atoms with Crippen LogP contribution in [-0.4, -0.2) is 20.9 Å². The van der Waals surface area contributed by atoms with Crippen LogP contribution in [0.1, 0.15) is 23.0 Å². The van der Waals surface area contributed by atoms with Gasteiger partial charge in [-0.3, -0.25) is 4.68 Å². The van der Waals surface area contributed by atoms with Crippen molar-refractivity contribution in [1.29, 1.82) is 0 Å². The maximum atomic E-state index is 12.7. The number of carboxylic acid groups (broad SMARTS) is 1. The number of aromatic carboxylic acids is 1. The smallest absolute Gasteiger partial charge is 0.416 e. The number of hydrogen-bond acceptors (Lipinski definition) is 2. The molecular formula is C13H11F3N2O2. The number of carbonyl (C=O) groups is 1. The van der Waals surface area contributed by atoms with Crippen LogP contribution in [0.5, 0.6) is 0 Å². The predicted octanol–water partition coefficient (Wildman–Crippen LogP) is 3.29. The molecule has 0 unspecified atom stereocenters. The molecule has 7 heteroatoms. The molecule has 0 aliphatic rings.